The third-order valence-electron chi connectivity index (χ3n) is 2.79. The van der Waals surface area contributed by atoms with Gasteiger partial charge in [-0.15, -0.1) is 0 Å². The molecule has 3 heteroatoms. The fourth-order valence-electron chi connectivity index (χ4n) is 1.89. The fourth-order valence-corrected chi connectivity index (χ4v) is 1.89. The Hall–Kier alpha value is -2.68. The van der Waals surface area contributed by atoms with Crippen LogP contribution in [0.25, 0.3) is 0 Å². The molecule has 0 saturated carbocycles. The van der Waals surface area contributed by atoms with Crippen molar-refractivity contribution in [2.45, 2.75) is 13.8 Å². The van der Waals surface area contributed by atoms with Crippen molar-refractivity contribution in [1.29, 1.82) is 0 Å². The highest BCUT2D eigenvalue weighted by molar-refractivity contribution is 6.13. The Labute approximate surface area is 125 Å². The molecule has 0 atom stereocenters. The van der Waals surface area contributed by atoms with E-state index in [1.165, 1.54) is 6.08 Å². The standard InChI is InChI=1S/C18H18N2O/c1-14(2)13-17(21)19-20-18(15-9-5-3-6-10-15)16-11-7-4-8-12-16/h3-13H,1-2H3,(H,19,21). The van der Waals surface area contributed by atoms with E-state index >= 15 is 0 Å². The number of amides is 1. The van der Waals surface area contributed by atoms with Gasteiger partial charge in [-0.3, -0.25) is 4.79 Å². The molecule has 0 saturated heterocycles. The monoisotopic (exact) mass is 278 g/mol. The lowest BCUT2D eigenvalue weighted by Gasteiger charge is -2.07. The highest BCUT2D eigenvalue weighted by atomic mass is 16.2. The van der Waals surface area contributed by atoms with E-state index in [0.29, 0.717) is 0 Å². The number of hydrogen-bond acceptors (Lipinski definition) is 2. The minimum absolute atomic E-state index is 0.223. The maximum absolute atomic E-state index is 11.7. The summed E-state index contributed by atoms with van der Waals surface area (Å²) in [4.78, 5) is 11.7. The summed E-state index contributed by atoms with van der Waals surface area (Å²) in [6.45, 7) is 3.75. The number of rotatable bonds is 4. The lowest BCUT2D eigenvalue weighted by molar-refractivity contribution is -0.116. The Kier molecular flexibility index (Phi) is 5.04. The summed E-state index contributed by atoms with van der Waals surface area (Å²) in [6.07, 6.45) is 1.52. The molecule has 0 aliphatic heterocycles. The highest BCUT2D eigenvalue weighted by Crippen LogP contribution is 2.10. The molecule has 3 nitrogen and oxygen atoms in total. The van der Waals surface area contributed by atoms with Crippen molar-refractivity contribution in [3.63, 3.8) is 0 Å². The molecule has 2 aromatic rings. The molecule has 106 valence electrons. The average molecular weight is 278 g/mol. The maximum Gasteiger partial charge on any atom is 0.264 e. The number of carbonyl (C=O) groups excluding carboxylic acids is 1. The van der Waals surface area contributed by atoms with Crippen LogP contribution in [0.15, 0.2) is 77.4 Å². The predicted octanol–water partition coefficient (Wildman–Crippen LogP) is 3.52. The van der Waals surface area contributed by atoms with Gasteiger partial charge in [-0.2, -0.15) is 5.10 Å². The molecule has 0 spiro atoms. The average Bonchev–Trinajstić information content (AvgIpc) is 2.49. The summed E-state index contributed by atoms with van der Waals surface area (Å²) in [5.74, 6) is -0.223. The van der Waals surface area contributed by atoms with E-state index in [2.05, 4.69) is 10.5 Å². The normalized spacial score (nSPS) is 9.62. The van der Waals surface area contributed by atoms with Crippen LogP contribution >= 0.6 is 0 Å². The van der Waals surface area contributed by atoms with Gasteiger partial charge in [-0.1, -0.05) is 66.2 Å². The van der Waals surface area contributed by atoms with Crippen LogP contribution in [0.4, 0.5) is 0 Å². The molecule has 0 heterocycles. The molecule has 0 unspecified atom stereocenters. The molecule has 2 rings (SSSR count). The molecule has 0 aliphatic rings. The van der Waals surface area contributed by atoms with E-state index in [1.807, 2.05) is 74.5 Å². The van der Waals surface area contributed by atoms with Crippen LogP contribution in [0.3, 0.4) is 0 Å². The van der Waals surface area contributed by atoms with Gasteiger partial charge in [-0.25, -0.2) is 5.43 Å². The minimum Gasteiger partial charge on any atom is -0.268 e. The Morgan fingerprint density at radius 3 is 1.81 bits per heavy atom. The summed E-state index contributed by atoms with van der Waals surface area (Å²) in [5.41, 5.74) is 6.18. The van der Waals surface area contributed by atoms with Crippen molar-refractivity contribution >= 4 is 11.6 Å². The van der Waals surface area contributed by atoms with Crippen LogP contribution in [0.2, 0.25) is 0 Å². The van der Waals surface area contributed by atoms with E-state index < -0.39 is 0 Å². The second kappa shape index (κ2) is 7.20. The molecule has 0 aromatic heterocycles. The Morgan fingerprint density at radius 2 is 1.38 bits per heavy atom. The van der Waals surface area contributed by atoms with Gasteiger partial charge in [0.05, 0.1) is 5.71 Å². The molecule has 0 bridgehead atoms. The number of hydrazone groups is 1. The number of nitrogens with zero attached hydrogens (tertiary/aromatic N) is 1. The van der Waals surface area contributed by atoms with Crippen LogP contribution in [-0.4, -0.2) is 11.6 Å². The molecule has 0 fully saturated rings. The third kappa shape index (κ3) is 4.42. The smallest absolute Gasteiger partial charge is 0.264 e. The summed E-state index contributed by atoms with van der Waals surface area (Å²) < 4.78 is 0. The van der Waals surface area contributed by atoms with Gasteiger partial charge in [-0.05, 0) is 13.8 Å². The second-order valence-electron chi connectivity index (χ2n) is 4.89. The van der Waals surface area contributed by atoms with Crippen molar-refractivity contribution < 1.29 is 4.79 Å². The van der Waals surface area contributed by atoms with Gasteiger partial charge >= 0.3 is 0 Å². The van der Waals surface area contributed by atoms with Gasteiger partial charge in [0.1, 0.15) is 0 Å². The first-order valence-corrected chi connectivity index (χ1v) is 6.80. The fraction of sp³-hybridized carbons (Fsp3) is 0.111. The van der Waals surface area contributed by atoms with Crippen LogP contribution in [-0.2, 0) is 4.79 Å². The van der Waals surface area contributed by atoms with Crippen LogP contribution < -0.4 is 5.43 Å². The lowest BCUT2D eigenvalue weighted by Crippen LogP contribution is -2.18. The zero-order chi connectivity index (χ0) is 15.1. The first kappa shape index (κ1) is 14.7. The van der Waals surface area contributed by atoms with E-state index in [-0.39, 0.29) is 5.91 Å². The Bertz CT molecular complexity index is 613. The van der Waals surface area contributed by atoms with Crippen molar-refractivity contribution in [1.82, 2.24) is 5.43 Å². The lowest BCUT2D eigenvalue weighted by atomic mass is 10.0. The van der Waals surface area contributed by atoms with Gasteiger partial charge in [0.15, 0.2) is 0 Å². The SMILES string of the molecule is CC(C)=CC(=O)NN=C(c1ccccc1)c1ccccc1. The number of hydrogen-bond donors (Lipinski definition) is 1. The minimum atomic E-state index is -0.223. The van der Waals surface area contributed by atoms with E-state index in [4.69, 9.17) is 0 Å². The molecule has 0 radical (unpaired) electrons. The van der Waals surface area contributed by atoms with Gasteiger partial charge in [0, 0.05) is 17.2 Å². The van der Waals surface area contributed by atoms with Crippen LogP contribution in [0, 0.1) is 0 Å². The number of nitrogens with one attached hydrogen (secondary N) is 1. The van der Waals surface area contributed by atoms with Gasteiger partial charge in [0.25, 0.3) is 5.91 Å². The molecular weight excluding hydrogens is 260 g/mol. The number of carbonyl (C=O) groups is 1. The summed E-state index contributed by atoms with van der Waals surface area (Å²) in [6, 6.07) is 19.6. The van der Waals surface area contributed by atoms with Crippen molar-refractivity contribution in [3.05, 3.63) is 83.4 Å². The van der Waals surface area contributed by atoms with Gasteiger partial charge < -0.3 is 0 Å². The first-order chi connectivity index (χ1) is 10.2. The van der Waals surface area contributed by atoms with Crippen molar-refractivity contribution in [3.8, 4) is 0 Å². The van der Waals surface area contributed by atoms with Crippen LogP contribution in [0.5, 0.6) is 0 Å². The first-order valence-electron chi connectivity index (χ1n) is 6.80. The molecule has 1 amide bonds. The zero-order valence-corrected chi connectivity index (χ0v) is 12.2. The molecule has 2 aromatic carbocycles. The topological polar surface area (TPSA) is 41.5 Å². The van der Waals surface area contributed by atoms with Gasteiger partial charge in [0.2, 0.25) is 0 Å². The summed E-state index contributed by atoms with van der Waals surface area (Å²) >= 11 is 0. The molecular formula is C18H18N2O. The number of allylic oxidation sites excluding steroid dienone is 1. The zero-order valence-electron chi connectivity index (χ0n) is 12.2. The van der Waals surface area contributed by atoms with E-state index in [0.717, 1.165) is 22.4 Å². The summed E-state index contributed by atoms with van der Waals surface area (Å²) in [5, 5.41) is 4.29. The predicted molar refractivity (Wildman–Crippen MR) is 86.1 cm³/mol. The van der Waals surface area contributed by atoms with Crippen LogP contribution in [0.1, 0.15) is 25.0 Å². The Balaban J connectivity index is 2.33. The van der Waals surface area contributed by atoms with Crippen molar-refractivity contribution in [2.75, 3.05) is 0 Å². The maximum atomic E-state index is 11.7. The second-order valence-corrected chi connectivity index (χ2v) is 4.89. The summed E-state index contributed by atoms with van der Waals surface area (Å²) in [7, 11) is 0. The van der Waals surface area contributed by atoms with E-state index in [9.17, 15) is 4.79 Å². The van der Waals surface area contributed by atoms with E-state index in [1.54, 1.807) is 0 Å². The third-order valence-corrected chi connectivity index (χ3v) is 2.79. The van der Waals surface area contributed by atoms with Crippen molar-refractivity contribution in [2.24, 2.45) is 5.10 Å². The molecule has 21 heavy (non-hydrogen) atoms. The molecule has 0 aliphatic carbocycles. The quantitative estimate of drug-likeness (QED) is 0.519. The largest absolute Gasteiger partial charge is 0.268 e. The Morgan fingerprint density at radius 1 is 0.905 bits per heavy atom. The highest BCUT2D eigenvalue weighted by Gasteiger charge is 2.06. The molecule has 1 N–H and O–H groups in total. The number of benzene rings is 2.